The highest BCUT2D eigenvalue weighted by Crippen LogP contribution is 2.25. The first-order valence-corrected chi connectivity index (χ1v) is 11.1. The standard InChI is InChI=1S/C24H21N5O3S/c1-16-13-20(29-32-16)15-33-23-21(11-6-12-25-23)22(30)26-18-9-5-10-19(14-18)28-24(31)27-17-7-3-2-4-8-17/h2-14H,15H2,1H3,(H,26,30)(H2,27,28,31). The number of urea groups is 1. The molecule has 0 bridgehead atoms. The molecule has 0 aliphatic carbocycles. The fourth-order valence-electron chi connectivity index (χ4n) is 2.99. The molecule has 3 amide bonds. The van der Waals surface area contributed by atoms with Crippen molar-refractivity contribution in [3.8, 4) is 0 Å². The lowest BCUT2D eigenvalue weighted by Crippen LogP contribution is -2.19. The first-order chi connectivity index (χ1) is 16.1. The summed E-state index contributed by atoms with van der Waals surface area (Å²) < 4.78 is 5.08. The van der Waals surface area contributed by atoms with E-state index in [0.29, 0.717) is 33.4 Å². The number of nitrogens with zero attached hydrogens (tertiary/aromatic N) is 2. The predicted molar refractivity (Wildman–Crippen MR) is 129 cm³/mol. The number of aromatic nitrogens is 2. The lowest BCUT2D eigenvalue weighted by atomic mass is 10.2. The third-order valence-corrected chi connectivity index (χ3v) is 5.50. The van der Waals surface area contributed by atoms with Gasteiger partial charge in [0.2, 0.25) is 0 Å². The number of carbonyl (C=O) groups is 2. The third kappa shape index (κ3) is 6.20. The first kappa shape index (κ1) is 22.1. The van der Waals surface area contributed by atoms with Crippen LogP contribution in [-0.2, 0) is 5.75 Å². The van der Waals surface area contributed by atoms with Gasteiger partial charge >= 0.3 is 6.03 Å². The maximum absolute atomic E-state index is 12.9. The lowest BCUT2D eigenvalue weighted by Gasteiger charge is -2.11. The molecule has 0 spiro atoms. The molecule has 2 aromatic carbocycles. The summed E-state index contributed by atoms with van der Waals surface area (Å²) in [6.07, 6.45) is 1.64. The topological polar surface area (TPSA) is 109 Å². The van der Waals surface area contributed by atoms with E-state index < -0.39 is 0 Å². The van der Waals surface area contributed by atoms with Crippen molar-refractivity contribution >= 4 is 40.8 Å². The second-order valence-electron chi connectivity index (χ2n) is 7.05. The number of carbonyl (C=O) groups excluding carboxylic acids is 2. The van der Waals surface area contributed by atoms with Gasteiger partial charge in [0.25, 0.3) is 5.91 Å². The Hall–Kier alpha value is -4.11. The van der Waals surface area contributed by atoms with Crippen LogP contribution in [0.3, 0.4) is 0 Å². The zero-order chi connectivity index (χ0) is 23.0. The summed E-state index contributed by atoms with van der Waals surface area (Å²) in [6.45, 7) is 1.83. The molecule has 9 heteroatoms. The predicted octanol–water partition coefficient (Wildman–Crippen LogP) is 5.57. The molecule has 0 unspecified atom stereocenters. The number of anilines is 3. The van der Waals surface area contributed by atoms with E-state index in [0.717, 1.165) is 11.5 Å². The van der Waals surface area contributed by atoms with Crippen molar-refractivity contribution in [1.29, 1.82) is 0 Å². The number of aryl methyl sites for hydroxylation is 1. The fourth-order valence-corrected chi connectivity index (χ4v) is 3.87. The van der Waals surface area contributed by atoms with Crippen molar-refractivity contribution in [3.63, 3.8) is 0 Å². The third-order valence-electron chi connectivity index (χ3n) is 4.46. The molecule has 0 aliphatic rings. The Kier molecular flexibility index (Phi) is 7.01. The number of benzene rings is 2. The highest BCUT2D eigenvalue weighted by atomic mass is 32.2. The van der Waals surface area contributed by atoms with Gasteiger partial charge in [-0.15, -0.1) is 0 Å². The highest BCUT2D eigenvalue weighted by Gasteiger charge is 2.14. The Balaban J connectivity index is 1.40. The average molecular weight is 460 g/mol. The van der Waals surface area contributed by atoms with Crippen LogP contribution in [0.15, 0.2) is 88.5 Å². The zero-order valence-corrected chi connectivity index (χ0v) is 18.6. The molecule has 0 fully saturated rings. The summed E-state index contributed by atoms with van der Waals surface area (Å²) >= 11 is 1.41. The van der Waals surface area contributed by atoms with Crippen molar-refractivity contribution in [3.05, 3.63) is 96.0 Å². The number of hydrogen-bond acceptors (Lipinski definition) is 6. The van der Waals surface area contributed by atoms with Crippen LogP contribution in [0.4, 0.5) is 21.9 Å². The van der Waals surface area contributed by atoms with Crippen LogP contribution in [0.2, 0.25) is 0 Å². The van der Waals surface area contributed by atoms with Gasteiger partial charge < -0.3 is 20.5 Å². The van der Waals surface area contributed by atoms with Gasteiger partial charge in [-0.2, -0.15) is 0 Å². The molecule has 33 heavy (non-hydrogen) atoms. The summed E-state index contributed by atoms with van der Waals surface area (Å²) in [4.78, 5) is 29.5. The summed E-state index contributed by atoms with van der Waals surface area (Å²) in [5.74, 6) is 0.966. The molecule has 4 rings (SSSR count). The molecular formula is C24H21N5O3S. The van der Waals surface area contributed by atoms with Crippen molar-refractivity contribution < 1.29 is 14.1 Å². The zero-order valence-electron chi connectivity index (χ0n) is 17.7. The van der Waals surface area contributed by atoms with Gasteiger partial charge in [-0.1, -0.05) is 41.2 Å². The average Bonchev–Trinajstić information content (AvgIpc) is 3.24. The Morgan fingerprint density at radius 1 is 0.879 bits per heavy atom. The van der Waals surface area contributed by atoms with E-state index in [1.807, 2.05) is 31.2 Å². The van der Waals surface area contributed by atoms with E-state index in [-0.39, 0.29) is 11.9 Å². The summed E-state index contributed by atoms with van der Waals surface area (Å²) in [5.41, 5.74) is 3.00. The van der Waals surface area contributed by atoms with Crippen LogP contribution in [-0.4, -0.2) is 22.1 Å². The van der Waals surface area contributed by atoms with Crippen LogP contribution >= 0.6 is 11.8 Å². The first-order valence-electron chi connectivity index (χ1n) is 10.1. The highest BCUT2D eigenvalue weighted by molar-refractivity contribution is 7.98. The molecule has 2 aromatic heterocycles. The van der Waals surface area contributed by atoms with Gasteiger partial charge in [0, 0.05) is 35.1 Å². The van der Waals surface area contributed by atoms with Crippen molar-refractivity contribution in [1.82, 2.24) is 10.1 Å². The van der Waals surface area contributed by atoms with Gasteiger partial charge in [-0.3, -0.25) is 4.79 Å². The summed E-state index contributed by atoms with van der Waals surface area (Å²) in [5, 5.41) is 12.9. The monoisotopic (exact) mass is 459 g/mol. The largest absolute Gasteiger partial charge is 0.361 e. The van der Waals surface area contributed by atoms with E-state index in [1.54, 1.807) is 54.7 Å². The maximum Gasteiger partial charge on any atom is 0.323 e. The van der Waals surface area contributed by atoms with Crippen molar-refractivity contribution in [2.75, 3.05) is 16.0 Å². The molecule has 3 N–H and O–H groups in total. The summed E-state index contributed by atoms with van der Waals surface area (Å²) in [6, 6.07) is 21.0. The van der Waals surface area contributed by atoms with Crippen molar-refractivity contribution in [2.24, 2.45) is 0 Å². The van der Waals surface area contributed by atoms with Crippen LogP contribution in [0.25, 0.3) is 0 Å². The molecule has 0 atom stereocenters. The number of amides is 3. The molecule has 0 radical (unpaired) electrons. The molecule has 2 heterocycles. The van der Waals surface area contributed by atoms with E-state index in [2.05, 4.69) is 26.1 Å². The van der Waals surface area contributed by atoms with Crippen LogP contribution < -0.4 is 16.0 Å². The second kappa shape index (κ2) is 10.5. The van der Waals surface area contributed by atoms with E-state index >= 15 is 0 Å². The van der Waals surface area contributed by atoms with E-state index in [9.17, 15) is 9.59 Å². The number of rotatable bonds is 7. The number of nitrogens with one attached hydrogen (secondary N) is 3. The van der Waals surface area contributed by atoms with Gasteiger partial charge in [-0.05, 0) is 49.4 Å². The SMILES string of the molecule is Cc1cc(CSc2ncccc2C(=O)Nc2cccc(NC(=O)Nc3ccccc3)c2)no1. The number of pyridine rings is 1. The lowest BCUT2D eigenvalue weighted by molar-refractivity contribution is 0.102. The quantitative estimate of drug-likeness (QED) is 0.312. The van der Waals surface area contributed by atoms with Gasteiger partial charge in [0.1, 0.15) is 10.8 Å². The molecule has 0 saturated heterocycles. The van der Waals surface area contributed by atoms with Crippen LogP contribution in [0, 0.1) is 6.92 Å². The Bertz CT molecular complexity index is 1260. The van der Waals surface area contributed by atoms with Gasteiger partial charge in [0.15, 0.2) is 0 Å². The molecular weight excluding hydrogens is 438 g/mol. The van der Waals surface area contributed by atoms with E-state index in [1.165, 1.54) is 11.8 Å². The Morgan fingerprint density at radius 3 is 2.36 bits per heavy atom. The molecule has 8 nitrogen and oxygen atoms in total. The second-order valence-corrected chi connectivity index (χ2v) is 8.02. The van der Waals surface area contributed by atoms with Gasteiger partial charge in [-0.25, -0.2) is 9.78 Å². The van der Waals surface area contributed by atoms with Gasteiger partial charge in [0.05, 0.1) is 11.3 Å². The number of hydrogen-bond donors (Lipinski definition) is 3. The Morgan fingerprint density at radius 2 is 1.61 bits per heavy atom. The number of thioether (sulfide) groups is 1. The number of para-hydroxylation sites is 1. The molecule has 0 aliphatic heterocycles. The van der Waals surface area contributed by atoms with E-state index in [4.69, 9.17) is 4.52 Å². The van der Waals surface area contributed by atoms with Crippen LogP contribution in [0.1, 0.15) is 21.8 Å². The summed E-state index contributed by atoms with van der Waals surface area (Å²) in [7, 11) is 0. The van der Waals surface area contributed by atoms with Crippen LogP contribution in [0.5, 0.6) is 0 Å². The molecule has 4 aromatic rings. The molecule has 166 valence electrons. The smallest absolute Gasteiger partial charge is 0.323 e. The minimum Gasteiger partial charge on any atom is -0.361 e. The fraction of sp³-hybridized carbons (Fsp3) is 0.0833. The Labute approximate surface area is 194 Å². The minimum absolute atomic E-state index is 0.298. The minimum atomic E-state index is -0.376. The maximum atomic E-state index is 12.9. The molecule has 0 saturated carbocycles. The van der Waals surface area contributed by atoms with Crippen molar-refractivity contribution in [2.45, 2.75) is 17.7 Å². The normalized spacial score (nSPS) is 10.5.